The van der Waals surface area contributed by atoms with E-state index in [4.69, 9.17) is 4.84 Å². The topological polar surface area (TPSA) is 43.3 Å². The number of hydrogen-bond donors (Lipinski definition) is 1. The Morgan fingerprint density at radius 2 is 2.20 bits per heavy atom. The van der Waals surface area contributed by atoms with E-state index in [0.29, 0.717) is 5.56 Å². The Labute approximate surface area is 87.4 Å². The van der Waals surface area contributed by atoms with Crippen LogP contribution in [-0.4, -0.2) is 24.8 Å². The molecule has 2 rings (SSSR count). The number of hydrogen-bond acceptors (Lipinski definition) is 2. The lowest BCUT2D eigenvalue weighted by Crippen LogP contribution is -2.17. The van der Waals surface area contributed by atoms with E-state index >= 15 is 0 Å². The van der Waals surface area contributed by atoms with Gasteiger partial charge >= 0.3 is 0 Å². The van der Waals surface area contributed by atoms with Crippen LogP contribution >= 0.6 is 0 Å². The van der Waals surface area contributed by atoms with Crippen molar-refractivity contribution in [2.45, 2.75) is 0 Å². The highest BCUT2D eigenvalue weighted by molar-refractivity contribution is 5.97. The molecule has 78 valence electrons. The molecule has 2 aromatic rings. The molecule has 0 aliphatic carbocycles. The lowest BCUT2D eigenvalue weighted by atomic mass is 10.1. The van der Waals surface area contributed by atoms with Gasteiger partial charge in [0.15, 0.2) is 0 Å². The molecule has 0 aliphatic rings. The lowest BCUT2D eigenvalue weighted by Gasteiger charge is -2.04. The molecule has 1 aromatic carbocycles. The van der Waals surface area contributed by atoms with Crippen LogP contribution in [0, 0.1) is 0 Å². The molecule has 0 radical (unpaired) electrons. The monoisotopic (exact) mass is 204 g/mol. The third-order valence-electron chi connectivity index (χ3n) is 2.34. The molecule has 0 atom stereocenters. The molecule has 4 heteroatoms. The molecule has 1 heterocycles. The van der Waals surface area contributed by atoms with Gasteiger partial charge in [-0.2, -0.15) is 4.73 Å². The zero-order valence-corrected chi connectivity index (χ0v) is 8.65. The van der Waals surface area contributed by atoms with Crippen molar-refractivity contribution in [1.29, 1.82) is 0 Å². The minimum atomic E-state index is -0.0965. The van der Waals surface area contributed by atoms with Crippen LogP contribution in [0.4, 0.5) is 0 Å². The van der Waals surface area contributed by atoms with E-state index in [0.717, 1.165) is 10.9 Å². The zero-order valence-electron chi connectivity index (χ0n) is 8.65. The number of nitrogens with zero attached hydrogens (tertiary/aromatic N) is 1. The maximum Gasteiger partial charge on any atom is 0.251 e. The van der Waals surface area contributed by atoms with Crippen molar-refractivity contribution in [3.63, 3.8) is 0 Å². The van der Waals surface area contributed by atoms with E-state index in [-0.39, 0.29) is 5.91 Å². The second kappa shape index (κ2) is 3.65. The van der Waals surface area contributed by atoms with Gasteiger partial charge < -0.3 is 10.2 Å². The van der Waals surface area contributed by atoms with Crippen LogP contribution in [0.5, 0.6) is 0 Å². The van der Waals surface area contributed by atoms with Gasteiger partial charge in [0.05, 0.1) is 5.52 Å². The standard InChI is InChI=1S/C11H12N2O2/c1-12-11(14)9-4-3-8-5-6-13(15-2)10(8)7-9/h3-7H,1-2H3,(H,12,14). The van der Waals surface area contributed by atoms with Crippen molar-refractivity contribution in [2.24, 2.45) is 0 Å². The van der Waals surface area contributed by atoms with Crippen molar-refractivity contribution < 1.29 is 9.63 Å². The van der Waals surface area contributed by atoms with Gasteiger partial charge in [0.25, 0.3) is 5.91 Å². The van der Waals surface area contributed by atoms with Gasteiger partial charge in [-0.1, -0.05) is 6.07 Å². The second-order valence-corrected chi connectivity index (χ2v) is 3.18. The predicted octanol–water partition coefficient (Wildman–Crippen LogP) is 1.06. The summed E-state index contributed by atoms with van der Waals surface area (Å²) in [5.41, 5.74) is 1.51. The summed E-state index contributed by atoms with van der Waals surface area (Å²) < 4.78 is 1.63. The highest BCUT2D eigenvalue weighted by Gasteiger charge is 2.06. The van der Waals surface area contributed by atoms with Crippen molar-refractivity contribution in [2.75, 3.05) is 14.2 Å². The molecule has 0 aliphatic heterocycles. The van der Waals surface area contributed by atoms with E-state index in [1.54, 1.807) is 31.0 Å². The fourth-order valence-electron chi connectivity index (χ4n) is 1.55. The predicted molar refractivity (Wildman–Crippen MR) is 57.8 cm³/mol. The fourth-order valence-corrected chi connectivity index (χ4v) is 1.55. The highest BCUT2D eigenvalue weighted by atomic mass is 16.6. The summed E-state index contributed by atoms with van der Waals surface area (Å²) >= 11 is 0. The number of carbonyl (C=O) groups is 1. The molecule has 0 fully saturated rings. The van der Waals surface area contributed by atoms with Gasteiger partial charge in [0, 0.05) is 24.2 Å². The number of amides is 1. The van der Waals surface area contributed by atoms with Gasteiger partial charge in [-0.3, -0.25) is 4.79 Å². The van der Waals surface area contributed by atoms with E-state index < -0.39 is 0 Å². The summed E-state index contributed by atoms with van der Waals surface area (Å²) in [6.45, 7) is 0. The number of fused-ring (bicyclic) bond motifs is 1. The Morgan fingerprint density at radius 1 is 1.40 bits per heavy atom. The molecule has 15 heavy (non-hydrogen) atoms. The summed E-state index contributed by atoms with van der Waals surface area (Å²) in [7, 11) is 3.20. The Morgan fingerprint density at radius 3 is 2.87 bits per heavy atom. The molecule has 1 aromatic heterocycles. The molecule has 1 amide bonds. The van der Waals surface area contributed by atoms with Gasteiger partial charge in [0.2, 0.25) is 0 Å². The molecule has 0 saturated carbocycles. The number of benzene rings is 1. The Kier molecular flexibility index (Phi) is 2.33. The lowest BCUT2D eigenvalue weighted by molar-refractivity contribution is 0.0963. The van der Waals surface area contributed by atoms with Gasteiger partial charge in [-0.05, 0) is 18.2 Å². The van der Waals surface area contributed by atoms with Crippen molar-refractivity contribution in [1.82, 2.24) is 10.0 Å². The van der Waals surface area contributed by atoms with Crippen LogP contribution < -0.4 is 10.2 Å². The maximum atomic E-state index is 11.4. The van der Waals surface area contributed by atoms with Crippen LogP contribution in [0.3, 0.4) is 0 Å². The number of nitrogens with one attached hydrogen (secondary N) is 1. The number of carbonyl (C=O) groups excluding carboxylic acids is 1. The minimum Gasteiger partial charge on any atom is -0.417 e. The van der Waals surface area contributed by atoms with Crippen molar-refractivity contribution in [3.8, 4) is 0 Å². The maximum absolute atomic E-state index is 11.4. The summed E-state index contributed by atoms with van der Waals surface area (Å²) in [5, 5.41) is 3.63. The normalized spacial score (nSPS) is 10.3. The molecule has 0 saturated heterocycles. The smallest absolute Gasteiger partial charge is 0.251 e. The average molecular weight is 204 g/mol. The van der Waals surface area contributed by atoms with Crippen molar-refractivity contribution >= 4 is 16.8 Å². The van der Waals surface area contributed by atoms with E-state index in [1.165, 1.54) is 0 Å². The van der Waals surface area contributed by atoms with Gasteiger partial charge in [-0.25, -0.2) is 0 Å². The minimum absolute atomic E-state index is 0.0965. The molecular weight excluding hydrogens is 192 g/mol. The van der Waals surface area contributed by atoms with Crippen LogP contribution in [0.25, 0.3) is 10.9 Å². The van der Waals surface area contributed by atoms with E-state index in [1.807, 2.05) is 18.3 Å². The fraction of sp³-hybridized carbons (Fsp3) is 0.182. The summed E-state index contributed by atoms with van der Waals surface area (Å²) in [4.78, 5) is 16.5. The third kappa shape index (κ3) is 1.54. The Bertz CT molecular complexity index is 502. The molecule has 0 unspecified atom stereocenters. The average Bonchev–Trinajstić information content (AvgIpc) is 2.69. The third-order valence-corrected chi connectivity index (χ3v) is 2.34. The van der Waals surface area contributed by atoms with Gasteiger partial charge in [-0.15, -0.1) is 0 Å². The van der Waals surface area contributed by atoms with E-state index in [9.17, 15) is 4.79 Å². The number of aromatic nitrogens is 1. The van der Waals surface area contributed by atoms with E-state index in [2.05, 4.69) is 5.32 Å². The molecule has 4 nitrogen and oxygen atoms in total. The zero-order chi connectivity index (χ0) is 10.8. The summed E-state index contributed by atoms with van der Waals surface area (Å²) in [6, 6.07) is 7.43. The molecular formula is C11H12N2O2. The van der Waals surface area contributed by atoms with Crippen LogP contribution in [0.1, 0.15) is 10.4 Å². The molecule has 0 spiro atoms. The Balaban J connectivity index is 2.57. The van der Waals surface area contributed by atoms with Crippen LogP contribution in [0.15, 0.2) is 30.5 Å². The second-order valence-electron chi connectivity index (χ2n) is 3.18. The van der Waals surface area contributed by atoms with Crippen LogP contribution in [-0.2, 0) is 0 Å². The largest absolute Gasteiger partial charge is 0.417 e. The summed E-state index contributed by atoms with van der Waals surface area (Å²) in [5.74, 6) is -0.0965. The molecule has 1 N–H and O–H groups in total. The first-order valence-electron chi connectivity index (χ1n) is 4.64. The first-order valence-corrected chi connectivity index (χ1v) is 4.64. The first-order chi connectivity index (χ1) is 7.26. The highest BCUT2D eigenvalue weighted by Crippen LogP contribution is 2.16. The summed E-state index contributed by atoms with van der Waals surface area (Å²) in [6.07, 6.45) is 1.82. The van der Waals surface area contributed by atoms with Crippen LogP contribution in [0.2, 0.25) is 0 Å². The molecule has 0 bridgehead atoms. The first kappa shape index (κ1) is 9.58. The van der Waals surface area contributed by atoms with Gasteiger partial charge in [0.1, 0.15) is 7.11 Å². The van der Waals surface area contributed by atoms with Crippen molar-refractivity contribution in [3.05, 3.63) is 36.0 Å². The quantitative estimate of drug-likeness (QED) is 0.794. The SMILES string of the molecule is CNC(=O)c1ccc2ccn(OC)c2c1. The Hall–Kier alpha value is -1.97. The number of rotatable bonds is 2.